The van der Waals surface area contributed by atoms with Crippen molar-refractivity contribution >= 4 is 0 Å². The standard InChI is InChI=1S/C7H9N.Y/c1-7-3-5-8(2)6-4-7;/h3-6H,1H2,2H3;. The maximum atomic E-state index is 3.75. The van der Waals surface area contributed by atoms with E-state index in [4.69, 9.17) is 0 Å². The zero-order valence-electron chi connectivity index (χ0n) is 5.54. The molecular formula is C7H9NY. The first-order valence-electron chi connectivity index (χ1n) is 2.56. The molecule has 0 saturated carbocycles. The van der Waals surface area contributed by atoms with Gasteiger partial charge in [0.2, 0.25) is 0 Å². The number of pyridine rings is 1. The molecule has 9 heavy (non-hydrogen) atoms. The summed E-state index contributed by atoms with van der Waals surface area (Å²) in [6, 6.07) is 3.94. The van der Waals surface area contributed by atoms with Crippen molar-refractivity contribution in [2.45, 2.75) is 0 Å². The van der Waals surface area contributed by atoms with Crippen LogP contribution in [0.2, 0.25) is 0 Å². The zero-order chi connectivity index (χ0) is 5.98. The Bertz CT molecular complexity index is 148. The average Bonchev–Trinajstić information content (AvgIpc) is 1.77. The van der Waals surface area contributed by atoms with E-state index in [9.17, 15) is 0 Å². The van der Waals surface area contributed by atoms with Gasteiger partial charge in [-0.2, -0.15) is 12.5 Å². The van der Waals surface area contributed by atoms with Crippen molar-refractivity contribution < 1.29 is 37.3 Å². The van der Waals surface area contributed by atoms with E-state index in [0.717, 1.165) is 5.56 Å². The van der Waals surface area contributed by atoms with Crippen LogP contribution in [0, 0.1) is 6.92 Å². The Morgan fingerprint density at radius 1 is 1.33 bits per heavy atom. The third-order valence-corrected chi connectivity index (χ3v) is 1.05. The van der Waals surface area contributed by atoms with Crippen molar-refractivity contribution in [2.24, 2.45) is 7.05 Å². The molecule has 0 aliphatic heterocycles. The second-order valence-electron chi connectivity index (χ2n) is 1.87. The van der Waals surface area contributed by atoms with Gasteiger partial charge in [-0.1, -0.05) is 12.1 Å². The topological polar surface area (TPSA) is 3.88 Å². The predicted molar refractivity (Wildman–Crippen MR) is 32.1 cm³/mol. The van der Waals surface area contributed by atoms with Gasteiger partial charge < -0.3 is 0 Å². The van der Waals surface area contributed by atoms with Gasteiger partial charge in [0.15, 0.2) is 0 Å². The minimum absolute atomic E-state index is 0. The Balaban J connectivity index is 0.000000640. The zero-order valence-corrected chi connectivity index (χ0v) is 8.38. The summed E-state index contributed by atoms with van der Waals surface area (Å²) >= 11 is 0. The van der Waals surface area contributed by atoms with Gasteiger partial charge in [-0.05, 0) is 0 Å². The maximum absolute atomic E-state index is 3.75. The predicted octanol–water partition coefficient (Wildman–Crippen LogP) is 0.691. The summed E-state index contributed by atoms with van der Waals surface area (Å²) in [5.74, 6) is 0. The summed E-state index contributed by atoms with van der Waals surface area (Å²) < 4.78 is 1.98. The minimum Gasteiger partial charge on any atom is -0.230 e. The van der Waals surface area contributed by atoms with Crippen LogP contribution in [0.4, 0.5) is 0 Å². The van der Waals surface area contributed by atoms with E-state index in [1.54, 1.807) is 0 Å². The second-order valence-corrected chi connectivity index (χ2v) is 1.87. The number of rotatable bonds is 0. The Kier molecular flexibility index (Phi) is 4.08. The molecule has 0 spiro atoms. The van der Waals surface area contributed by atoms with E-state index in [1.807, 2.05) is 36.1 Å². The van der Waals surface area contributed by atoms with E-state index >= 15 is 0 Å². The summed E-state index contributed by atoms with van der Waals surface area (Å²) in [7, 11) is 1.99. The molecule has 0 atom stereocenters. The van der Waals surface area contributed by atoms with Crippen molar-refractivity contribution in [1.29, 1.82) is 0 Å². The van der Waals surface area contributed by atoms with Crippen LogP contribution in [-0.2, 0) is 39.8 Å². The van der Waals surface area contributed by atoms with Crippen LogP contribution in [0.1, 0.15) is 5.56 Å². The van der Waals surface area contributed by atoms with Crippen LogP contribution in [0.25, 0.3) is 0 Å². The van der Waals surface area contributed by atoms with Gasteiger partial charge in [0.1, 0.15) is 19.4 Å². The van der Waals surface area contributed by atoms with E-state index in [1.165, 1.54) is 0 Å². The molecule has 0 aromatic carbocycles. The fraction of sp³-hybridized carbons (Fsp3) is 0.143. The van der Waals surface area contributed by atoms with Gasteiger partial charge in [-0.15, -0.1) is 0 Å². The summed E-state index contributed by atoms with van der Waals surface area (Å²) in [5, 5.41) is 0. The number of hydrogen-bond acceptors (Lipinski definition) is 0. The number of aryl methyl sites for hydroxylation is 1. The van der Waals surface area contributed by atoms with Crippen molar-refractivity contribution in [1.82, 2.24) is 0 Å². The molecule has 0 unspecified atom stereocenters. The number of hydrogen-bond donors (Lipinski definition) is 0. The maximum Gasteiger partial charge on any atom is 0.136 e. The van der Waals surface area contributed by atoms with Gasteiger partial charge in [0.05, 0.1) is 0 Å². The van der Waals surface area contributed by atoms with Crippen LogP contribution in [0.15, 0.2) is 24.5 Å². The molecule has 1 aromatic heterocycles. The summed E-state index contributed by atoms with van der Waals surface area (Å²) in [6.07, 6.45) is 3.95. The quantitative estimate of drug-likeness (QED) is 0.424. The third-order valence-electron chi connectivity index (χ3n) is 1.05. The molecule has 2 heteroatoms. The Hall–Kier alpha value is 0.124. The van der Waals surface area contributed by atoms with Crippen LogP contribution in [-0.4, -0.2) is 0 Å². The number of nitrogens with zero attached hydrogens (tertiary/aromatic N) is 1. The van der Waals surface area contributed by atoms with Crippen LogP contribution in [0.5, 0.6) is 0 Å². The van der Waals surface area contributed by atoms with Crippen molar-refractivity contribution in [2.75, 3.05) is 0 Å². The molecule has 1 radical (unpaired) electrons. The summed E-state index contributed by atoms with van der Waals surface area (Å²) in [5.41, 5.74) is 1.06. The average molecular weight is 196 g/mol. The number of aromatic nitrogens is 1. The molecular weight excluding hydrogens is 187 g/mol. The molecule has 1 heterocycles. The van der Waals surface area contributed by atoms with Gasteiger partial charge in [0, 0.05) is 32.7 Å². The van der Waals surface area contributed by atoms with E-state index in [0.29, 0.717) is 0 Å². The molecule has 1 rings (SSSR count). The molecule has 45 valence electrons. The van der Waals surface area contributed by atoms with Gasteiger partial charge in [-0.25, -0.2) is 4.57 Å². The van der Waals surface area contributed by atoms with Gasteiger partial charge in [0.25, 0.3) is 0 Å². The third kappa shape index (κ3) is 2.97. The second kappa shape index (κ2) is 4.02. The largest absolute Gasteiger partial charge is 0.230 e. The van der Waals surface area contributed by atoms with Crippen LogP contribution < -0.4 is 4.57 Å². The van der Waals surface area contributed by atoms with Crippen LogP contribution in [0.3, 0.4) is 0 Å². The van der Waals surface area contributed by atoms with Crippen molar-refractivity contribution in [3.05, 3.63) is 37.0 Å². The first kappa shape index (κ1) is 9.12. The normalized spacial score (nSPS) is 8.11. The van der Waals surface area contributed by atoms with Crippen molar-refractivity contribution in [3.63, 3.8) is 0 Å². The summed E-state index contributed by atoms with van der Waals surface area (Å²) in [4.78, 5) is 0. The van der Waals surface area contributed by atoms with Crippen molar-refractivity contribution in [3.8, 4) is 0 Å². The molecule has 0 fully saturated rings. The molecule has 0 aliphatic carbocycles. The van der Waals surface area contributed by atoms with Crippen LogP contribution >= 0.6 is 0 Å². The first-order chi connectivity index (χ1) is 3.79. The molecule has 0 aliphatic rings. The van der Waals surface area contributed by atoms with E-state index < -0.39 is 0 Å². The molecule has 0 N–H and O–H groups in total. The van der Waals surface area contributed by atoms with E-state index in [2.05, 4.69) is 6.92 Å². The Morgan fingerprint density at radius 3 is 2.11 bits per heavy atom. The first-order valence-corrected chi connectivity index (χ1v) is 2.56. The Labute approximate surface area is 81.0 Å². The SMILES string of the molecule is [CH2-]c1cc[n+](C)cc1.[Y]. The minimum atomic E-state index is 0. The van der Waals surface area contributed by atoms with Gasteiger partial charge in [-0.3, -0.25) is 0 Å². The molecule has 0 amide bonds. The monoisotopic (exact) mass is 196 g/mol. The van der Waals surface area contributed by atoms with Gasteiger partial charge >= 0.3 is 0 Å². The summed E-state index contributed by atoms with van der Waals surface area (Å²) in [6.45, 7) is 3.75. The molecule has 0 bridgehead atoms. The molecule has 0 saturated heterocycles. The Morgan fingerprint density at radius 2 is 1.78 bits per heavy atom. The smallest absolute Gasteiger partial charge is 0.136 e. The molecule has 1 nitrogen and oxygen atoms in total. The fourth-order valence-corrected chi connectivity index (χ4v) is 0.532. The van der Waals surface area contributed by atoms with E-state index in [-0.39, 0.29) is 32.7 Å². The fourth-order valence-electron chi connectivity index (χ4n) is 0.532. The molecule has 1 aromatic rings.